The van der Waals surface area contributed by atoms with Crippen molar-refractivity contribution in [2.75, 3.05) is 5.32 Å². The van der Waals surface area contributed by atoms with Gasteiger partial charge in [-0.15, -0.1) is 21.5 Å². The molecule has 1 N–H and O–H groups in total. The number of aromatic nitrogens is 3. The van der Waals surface area contributed by atoms with Gasteiger partial charge in [-0.25, -0.2) is 4.98 Å². The number of anilines is 2. The van der Waals surface area contributed by atoms with Crippen molar-refractivity contribution in [2.24, 2.45) is 0 Å². The molecule has 3 aromatic rings. The number of thiazole rings is 1. The molecule has 2 heterocycles. The van der Waals surface area contributed by atoms with Crippen molar-refractivity contribution in [3.8, 4) is 0 Å². The zero-order valence-corrected chi connectivity index (χ0v) is 14.1. The van der Waals surface area contributed by atoms with Crippen molar-refractivity contribution >= 4 is 45.3 Å². The number of aryl methyl sites for hydroxylation is 2. The molecule has 0 atom stereocenters. The molecule has 0 amide bonds. The Morgan fingerprint density at radius 2 is 1.95 bits per heavy atom. The molecule has 3 rings (SSSR count). The van der Waals surface area contributed by atoms with Gasteiger partial charge in [0.25, 0.3) is 0 Å². The molecule has 1 aromatic carbocycles. The molecule has 0 unspecified atom stereocenters. The summed E-state index contributed by atoms with van der Waals surface area (Å²) in [5.74, 6) is 0.837. The highest BCUT2D eigenvalue weighted by molar-refractivity contribution is 8.00. The van der Waals surface area contributed by atoms with Gasteiger partial charge < -0.3 is 5.32 Å². The van der Waals surface area contributed by atoms with Crippen molar-refractivity contribution in [1.29, 1.82) is 0 Å². The summed E-state index contributed by atoms with van der Waals surface area (Å²) in [6, 6.07) is 8.23. The van der Waals surface area contributed by atoms with E-state index in [1.54, 1.807) is 34.4 Å². The van der Waals surface area contributed by atoms with Crippen molar-refractivity contribution < 1.29 is 0 Å². The molecule has 4 nitrogen and oxygen atoms in total. The first-order valence-electron chi connectivity index (χ1n) is 6.40. The number of hydrogen-bond donors (Lipinski definition) is 1. The van der Waals surface area contributed by atoms with E-state index in [9.17, 15) is 0 Å². The number of nitrogens with zero attached hydrogens (tertiary/aromatic N) is 3. The van der Waals surface area contributed by atoms with Crippen molar-refractivity contribution in [3.05, 3.63) is 45.9 Å². The van der Waals surface area contributed by atoms with Crippen LogP contribution in [0, 0.1) is 13.8 Å². The Labute approximate surface area is 135 Å². The first-order valence-corrected chi connectivity index (χ1v) is 9.08. The van der Waals surface area contributed by atoms with E-state index in [4.69, 9.17) is 0 Å². The second kappa shape index (κ2) is 6.55. The Morgan fingerprint density at radius 1 is 1.14 bits per heavy atom. The molecule has 0 fully saturated rings. The second-order valence-corrected chi connectivity index (χ2v) is 7.77. The molecule has 0 saturated carbocycles. The van der Waals surface area contributed by atoms with E-state index in [0.717, 1.165) is 31.6 Å². The average molecular weight is 334 g/mol. The SMILES string of the molecule is Cc1ccc(Nc2nnc(SCc3csc(C)n3)s2)cc1. The summed E-state index contributed by atoms with van der Waals surface area (Å²) in [4.78, 5) is 4.45. The van der Waals surface area contributed by atoms with E-state index in [1.807, 2.05) is 19.1 Å². The van der Waals surface area contributed by atoms with Gasteiger partial charge in [0, 0.05) is 16.8 Å². The van der Waals surface area contributed by atoms with Gasteiger partial charge in [0.2, 0.25) is 5.13 Å². The average Bonchev–Trinajstić information content (AvgIpc) is 3.08. The predicted molar refractivity (Wildman–Crippen MR) is 90.8 cm³/mol. The van der Waals surface area contributed by atoms with Crippen LogP contribution in [0.2, 0.25) is 0 Å². The van der Waals surface area contributed by atoms with E-state index < -0.39 is 0 Å². The highest BCUT2D eigenvalue weighted by Crippen LogP contribution is 2.30. The fourth-order valence-electron chi connectivity index (χ4n) is 1.69. The maximum absolute atomic E-state index is 4.45. The fraction of sp³-hybridized carbons (Fsp3) is 0.214. The zero-order valence-electron chi connectivity index (χ0n) is 11.7. The first kappa shape index (κ1) is 14.5. The first-order chi connectivity index (χ1) is 10.2. The lowest BCUT2D eigenvalue weighted by Gasteiger charge is -2.01. The third-order valence-electron chi connectivity index (χ3n) is 2.72. The fourth-order valence-corrected chi connectivity index (χ4v) is 4.07. The largest absolute Gasteiger partial charge is 0.330 e. The Bertz CT molecular complexity index is 718. The van der Waals surface area contributed by atoms with Crippen molar-refractivity contribution in [3.63, 3.8) is 0 Å². The normalized spacial score (nSPS) is 10.8. The van der Waals surface area contributed by atoms with Crippen LogP contribution in [0.1, 0.15) is 16.3 Å². The lowest BCUT2D eigenvalue weighted by Crippen LogP contribution is -1.88. The van der Waals surface area contributed by atoms with Gasteiger partial charge in [0.15, 0.2) is 4.34 Å². The number of nitrogens with one attached hydrogen (secondary N) is 1. The van der Waals surface area contributed by atoms with Gasteiger partial charge in [0.05, 0.1) is 10.7 Å². The minimum atomic E-state index is 0.816. The maximum Gasteiger partial charge on any atom is 0.210 e. The van der Waals surface area contributed by atoms with Gasteiger partial charge >= 0.3 is 0 Å². The van der Waals surface area contributed by atoms with E-state index in [-0.39, 0.29) is 0 Å². The lowest BCUT2D eigenvalue weighted by atomic mass is 10.2. The lowest BCUT2D eigenvalue weighted by molar-refractivity contribution is 1.01. The molecule has 0 saturated heterocycles. The summed E-state index contributed by atoms with van der Waals surface area (Å²) in [7, 11) is 0. The van der Waals surface area contributed by atoms with Gasteiger partial charge in [-0.2, -0.15) is 0 Å². The molecule has 7 heteroatoms. The van der Waals surface area contributed by atoms with Gasteiger partial charge in [0.1, 0.15) is 0 Å². The topological polar surface area (TPSA) is 50.7 Å². The standard InChI is InChI=1S/C14H14N4S3/c1-9-3-5-11(6-4-9)16-13-17-18-14(21-13)20-8-12-7-19-10(2)15-12/h3-7H,8H2,1-2H3,(H,16,17). The molecular formula is C14H14N4S3. The Hall–Kier alpha value is -1.44. The molecule has 0 aliphatic rings. The summed E-state index contributed by atoms with van der Waals surface area (Å²) in [5, 5.41) is 15.6. The van der Waals surface area contributed by atoms with Crippen LogP contribution in [0.15, 0.2) is 34.0 Å². The third kappa shape index (κ3) is 4.03. The molecule has 21 heavy (non-hydrogen) atoms. The predicted octanol–water partition coefficient (Wildman–Crippen LogP) is 4.65. The van der Waals surface area contributed by atoms with E-state index in [0.29, 0.717) is 0 Å². The van der Waals surface area contributed by atoms with Crippen LogP contribution in [-0.2, 0) is 5.75 Å². The summed E-state index contributed by atoms with van der Waals surface area (Å²) in [6.07, 6.45) is 0. The number of thioether (sulfide) groups is 1. The van der Waals surface area contributed by atoms with Crippen LogP contribution in [0.5, 0.6) is 0 Å². The molecule has 0 spiro atoms. The summed E-state index contributed by atoms with van der Waals surface area (Å²) in [6.45, 7) is 4.09. The van der Waals surface area contributed by atoms with Crippen molar-refractivity contribution in [1.82, 2.24) is 15.2 Å². The van der Waals surface area contributed by atoms with Crippen LogP contribution >= 0.6 is 34.4 Å². The summed E-state index contributed by atoms with van der Waals surface area (Å²) < 4.78 is 0.954. The monoisotopic (exact) mass is 334 g/mol. The minimum Gasteiger partial charge on any atom is -0.330 e. The quantitative estimate of drug-likeness (QED) is 0.688. The Balaban J connectivity index is 1.59. The third-order valence-corrected chi connectivity index (χ3v) is 5.55. The highest BCUT2D eigenvalue weighted by atomic mass is 32.2. The Morgan fingerprint density at radius 3 is 2.67 bits per heavy atom. The van der Waals surface area contributed by atoms with Gasteiger partial charge in [-0.1, -0.05) is 40.8 Å². The van der Waals surface area contributed by atoms with Gasteiger partial charge in [-0.05, 0) is 26.0 Å². The smallest absolute Gasteiger partial charge is 0.210 e. The molecule has 0 aliphatic heterocycles. The molecule has 2 aromatic heterocycles. The van der Waals surface area contributed by atoms with Crippen molar-refractivity contribution in [2.45, 2.75) is 23.9 Å². The highest BCUT2D eigenvalue weighted by Gasteiger charge is 2.07. The zero-order chi connectivity index (χ0) is 14.7. The van der Waals surface area contributed by atoms with E-state index >= 15 is 0 Å². The van der Waals surface area contributed by atoms with E-state index in [1.165, 1.54) is 5.56 Å². The molecule has 0 bridgehead atoms. The molecule has 0 aliphatic carbocycles. The van der Waals surface area contributed by atoms with Crippen LogP contribution in [0.25, 0.3) is 0 Å². The molecular weight excluding hydrogens is 320 g/mol. The van der Waals surface area contributed by atoms with Crippen LogP contribution < -0.4 is 5.32 Å². The number of rotatable bonds is 5. The van der Waals surface area contributed by atoms with Gasteiger partial charge in [-0.3, -0.25) is 0 Å². The van der Waals surface area contributed by atoms with Crippen LogP contribution in [0.3, 0.4) is 0 Å². The molecule has 108 valence electrons. The Kier molecular flexibility index (Phi) is 4.52. The second-order valence-electron chi connectivity index (χ2n) is 4.51. The van der Waals surface area contributed by atoms with Crippen LogP contribution in [-0.4, -0.2) is 15.2 Å². The minimum absolute atomic E-state index is 0.816. The maximum atomic E-state index is 4.45. The summed E-state index contributed by atoms with van der Waals surface area (Å²) in [5.41, 5.74) is 3.38. The molecule has 0 radical (unpaired) electrons. The number of hydrogen-bond acceptors (Lipinski definition) is 7. The summed E-state index contributed by atoms with van der Waals surface area (Å²) >= 11 is 4.91. The van der Waals surface area contributed by atoms with Crippen LogP contribution in [0.4, 0.5) is 10.8 Å². The van der Waals surface area contributed by atoms with E-state index in [2.05, 4.69) is 44.9 Å². The number of benzene rings is 1.